The highest BCUT2D eigenvalue weighted by Crippen LogP contribution is 2.28. The minimum Gasteiger partial charge on any atom is -0.481 e. The number of carbonyl (C=O) groups excluding carboxylic acids is 2. The molecule has 0 saturated carbocycles. The number of anilines is 2. The highest BCUT2D eigenvalue weighted by molar-refractivity contribution is 5.93. The number of para-hydroxylation sites is 1. The van der Waals surface area contributed by atoms with E-state index in [0.717, 1.165) is 17.5 Å². The Morgan fingerprint density at radius 2 is 1.72 bits per heavy atom. The number of nitrogens with zero attached hydrogens (tertiary/aromatic N) is 3. The molecule has 5 rings (SSSR count). The van der Waals surface area contributed by atoms with Gasteiger partial charge in [0.2, 0.25) is 0 Å². The fourth-order valence-electron chi connectivity index (χ4n) is 4.18. The molecule has 2 aromatic carbocycles. The Morgan fingerprint density at radius 3 is 2.41 bits per heavy atom. The molecule has 0 spiro atoms. The second kappa shape index (κ2) is 10.9. The Kier molecular flexibility index (Phi) is 7.26. The van der Waals surface area contributed by atoms with E-state index in [1.165, 1.54) is 18.4 Å². The van der Waals surface area contributed by atoms with E-state index < -0.39 is 12.3 Å². The van der Waals surface area contributed by atoms with Gasteiger partial charge in [-0.15, -0.1) is 13.2 Å². The number of ether oxygens (including phenoxy) is 2. The molecule has 9 nitrogen and oxygen atoms in total. The van der Waals surface area contributed by atoms with Crippen molar-refractivity contribution in [2.75, 3.05) is 43.0 Å². The van der Waals surface area contributed by atoms with Gasteiger partial charge in [0, 0.05) is 37.3 Å². The van der Waals surface area contributed by atoms with Crippen LogP contribution in [0.3, 0.4) is 0 Å². The van der Waals surface area contributed by atoms with Crippen LogP contribution in [0.4, 0.5) is 24.7 Å². The predicted octanol–water partition coefficient (Wildman–Crippen LogP) is 4.71. The molecule has 4 aromatic rings. The number of piperazine rings is 1. The van der Waals surface area contributed by atoms with E-state index in [4.69, 9.17) is 14.1 Å². The first kappa shape index (κ1) is 25.9. The monoisotopic (exact) mass is 540 g/mol. The molecule has 1 N–H and O–H groups in total. The summed E-state index contributed by atoms with van der Waals surface area (Å²) in [7, 11) is 0. The predicted molar refractivity (Wildman–Crippen MR) is 136 cm³/mol. The number of furan rings is 1. The van der Waals surface area contributed by atoms with E-state index in [1.807, 2.05) is 18.2 Å². The Labute approximate surface area is 220 Å². The molecule has 1 aliphatic heterocycles. The third-order valence-corrected chi connectivity index (χ3v) is 6.02. The summed E-state index contributed by atoms with van der Waals surface area (Å²) in [5.74, 6) is 0.403. The number of hydrogen-bond acceptors (Lipinski definition) is 7. The first-order valence-electron chi connectivity index (χ1n) is 12.0. The Balaban J connectivity index is 1.20. The summed E-state index contributed by atoms with van der Waals surface area (Å²) in [6.07, 6.45) is -3.32. The van der Waals surface area contributed by atoms with Crippen LogP contribution in [0.1, 0.15) is 10.6 Å². The molecule has 1 saturated heterocycles. The van der Waals surface area contributed by atoms with Crippen molar-refractivity contribution in [1.82, 2.24) is 9.88 Å². The third kappa shape index (κ3) is 6.40. The molecule has 12 heteroatoms. The number of hydrogen-bond donors (Lipinski definition) is 1. The maximum Gasteiger partial charge on any atom is 0.573 e. The quantitative estimate of drug-likeness (QED) is 0.363. The highest BCUT2D eigenvalue weighted by atomic mass is 19.4. The van der Waals surface area contributed by atoms with Gasteiger partial charge in [0.15, 0.2) is 12.4 Å². The fourth-order valence-corrected chi connectivity index (χ4v) is 4.18. The van der Waals surface area contributed by atoms with E-state index in [-0.39, 0.29) is 18.3 Å². The first-order valence-corrected chi connectivity index (χ1v) is 12.0. The van der Waals surface area contributed by atoms with Crippen LogP contribution in [0.2, 0.25) is 0 Å². The van der Waals surface area contributed by atoms with Gasteiger partial charge in [-0.1, -0.05) is 12.1 Å². The van der Waals surface area contributed by atoms with Crippen LogP contribution in [-0.2, 0) is 4.79 Å². The van der Waals surface area contributed by atoms with Crippen molar-refractivity contribution in [3.8, 4) is 11.5 Å². The number of alkyl halides is 3. The molecule has 3 heterocycles. The molecule has 1 fully saturated rings. The smallest absolute Gasteiger partial charge is 0.481 e. The lowest BCUT2D eigenvalue weighted by Crippen LogP contribution is -2.49. The lowest BCUT2D eigenvalue weighted by molar-refractivity contribution is -0.274. The summed E-state index contributed by atoms with van der Waals surface area (Å²) in [6, 6.07) is 17.3. The van der Waals surface area contributed by atoms with Gasteiger partial charge in [0.05, 0.1) is 6.26 Å². The molecule has 1 aliphatic rings. The molecule has 0 atom stereocenters. The second-order valence-electron chi connectivity index (χ2n) is 8.66. The first-order chi connectivity index (χ1) is 18.7. The molecule has 39 heavy (non-hydrogen) atoms. The molecule has 0 aliphatic carbocycles. The molecule has 0 unspecified atom stereocenters. The third-order valence-electron chi connectivity index (χ3n) is 6.02. The Bertz CT molecular complexity index is 1450. The summed E-state index contributed by atoms with van der Waals surface area (Å²) >= 11 is 0. The highest BCUT2D eigenvalue weighted by Gasteiger charge is 2.31. The number of fused-ring (bicyclic) bond motifs is 1. The van der Waals surface area contributed by atoms with Crippen molar-refractivity contribution in [2.24, 2.45) is 0 Å². The summed E-state index contributed by atoms with van der Waals surface area (Å²) in [5.41, 5.74) is 0.867. The van der Waals surface area contributed by atoms with Gasteiger partial charge in [-0.2, -0.15) is 0 Å². The number of carbonyl (C=O) groups is 2. The standard InChI is InChI=1S/C27H23F3N4O5/c28-27(29,30)39-20-9-7-19(8-10-20)31-24(35)17-38-21-4-1-3-18-6-11-23(32-25(18)21)33-12-14-34(15-13-33)26(36)22-5-2-16-37-22/h1-11,16H,12-15,17H2,(H,31,35). The van der Waals surface area contributed by atoms with Crippen LogP contribution >= 0.6 is 0 Å². The summed E-state index contributed by atoms with van der Waals surface area (Å²) in [6.45, 7) is 1.87. The normalized spacial score (nSPS) is 13.8. The SMILES string of the molecule is O=C(COc1cccc2ccc(N3CCN(C(=O)c4ccco4)CC3)nc12)Nc1ccc(OC(F)(F)F)cc1. The Hall–Kier alpha value is -4.74. The zero-order valence-corrected chi connectivity index (χ0v) is 20.5. The maximum absolute atomic E-state index is 12.5. The minimum absolute atomic E-state index is 0.148. The molecule has 202 valence electrons. The number of amides is 2. The van der Waals surface area contributed by atoms with Crippen LogP contribution in [-0.4, -0.2) is 60.8 Å². The van der Waals surface area contributed by atoms with Gasteiger partial charge in [-0.25, -0.2) is 4.98 Å². The molecule has 0 bridgehead atoms. The van der Waals surface area contributed by atoms with Gasteiger partial charge in [0.1, 0.15) is 22.8 Å². The molecular formula is C27H23F3N4O5. The van der Waals surface area contributed by atoms with Gasteiger partial charge in [-0.3, -0.25) is 9.59 Å². The second-order valence-corrected chi connectivity index (χ2v) is 8.66. The van der Waals surface area contributed by atoms with Crippen LogP contribution in [0.25, 0.3) is 10.9 Å². The zero-order chi connectivity index (χ0) is 27.4. The Morgan fingerprint density at radius 1 is 0.949 bits per heavy atom. The van der Waals surface area contributed by atoms with Crippen molar-refractivity contribution < 1.29 is 36.7 Å². The molecule has 2 aromatic heterocycles. The number of rotatable bonds is 7. The topological polar surface area (TPSA) is 97.1 Å². The molecular weight excluding hydrogens is 517 g/mol. The summed E-state index contributed by atoms with van der Waals surface area (Å²) < 4.78 is 51.7. The van der Waals surface area contributed by atoms with E-state index in [1.54, 1.807) is 29.2 Å². The van der Waals surface area contributed by atoms with Crippen molar-refractivity contribution in [1.29, 1.82) is 0 Å². The van der Waals surface area contributed by atoms with Crippen LogP contribution < -0.4 is 19.7 Å². The molecule has 2 amide bonds. The van der Waals surface area contributed by atoms with E-state index >= 15 is 0 Å². The summed E-state index contributed by atoms with van der Waals surface area (Å²) in [5, 5.41) is 3.39. The van der Waals surface area contributed by atoms with E-state index in [9.17, 15) is 22.8 Å². The van der Waals surface area contributed by atoms with Crippen molar-refractivity contribution in [2.45, 2.75) is 6.36 Å². The van der Waals surface area contributed by atoms with E-state index in [0.29, 0.717) is 54.7 Å². The average Bonchev–Trinajstić information content (AvgIpc) is 3.47. The van der Waals surface area contributed by atoms with Crippen molar-refractivity contribution >= 4 is 34.2 Å². The summed E-state index contributed by atoms with van der Waals surface area (Å²) in [4.78, 5) is 33.5. The van der Waals surface area contributed by atoms with Gasteiger partial charge in [-0.05, 0) is 54.6 Å². The van der Waals surface area contributed by atoms with Gasteiger partial charge in [0.25, 0.3) is 11.8 Å². The largest absolute Gasteiger partial charge is 0.573 e. The van der Waals surface area contributed by atoms with Crippen molar-refractivity contribution in [3.63, 3.8) is 0 Å². The minimum atomic E-state index is -4.79. The number of aromatic nitrogens is 1. The van der Waals surface area contributed by atoms with E-state index in [2.05, 4.69) is 15.0 Å². The zero-order valence-electron chi connectivity index (χ0n) is 20.5. The van der Waals surface area contributed by atoms with Gasteiger partial charge >= 0.3 is 6.36 Å². The lowest BCUT2D eigenvalue weighted by Gasteiger charge is -2.35. The molecule has 0 radical (unpaired) electrons. The van der Waals surface area contributed by atoms with Crippen LogP contribution in [0.15, 0.2) is 77.4 Å². The number of pyridine rings is 1. The maximum atomic E-state index is 12.5. The fraction of sp³-hybridized carbons (Fsp3) is 0.222. The number of benzene rings is 2. The lowest BCUT2D eigenvalue weighted by atomic mass is 10.2. The van der Waals surface area contributed by atoms with Gasteiger partial charge < -0.3 is 29.0 Å². The van der Waals surface area contributed by atoms with Crippen molar-refractivity contribution in [3.05, 3.63) is 78.8 Å². The van der Waals surface area contributed by atoms with Crippen LogP contribution in [0, 0.1) is 0 Å². The van der Waals surface area contributed by atoms with Crippen LogP contribution in [0.5, 0.6) is 11.5 Å². The number of halogens is 3. The average molecular weight is 540 g/mol. The number of nitrogens with one attached hydrogen (secondary N) is 1.